The van der Waals surface area contributed by atoms with E-state index in [9.17, 15) is 14.7 Å². The van der Waals surface area contributed by atoms with E-state index < -0.39 is 5.97 Å². The summed E-state index contributed by atoms with van der Waals surface area (Å²) >= 11 is 0. The Hall–Kier alpha value is -3.15. The number of hydrogen-bond donors (Lipinski definition) is 2. The fourth-order valence-electron chi connectivity index (χ4n) is 4.17. The van der Waals surface area contributed by atoms with Gasteiger partial charge in [-0.2, -0.15) is 0 Å². The van der Waals surface area contributed by atoms with Crippen molar-refractivity contribution in [2.45, 2.75) is 52.1 Å². The minimum Gasteiger partial charge on any atom is -0.478 e. The van der Waals surface area contributed by atoms with E-state index in [1.807, 2.05) is 26.0 Å². The van der Waals surface area contributed by atoms with Crippen LogP contribution < -0.4 is 10.9 Å². The number of carboxylic acid groups (broad SMARTS) is 1. The largest absolute Gasteiger partial charge is 0.478 e. The average molecular weight is 391 g/mol. The minimum absolute atomic E-state index is 0.00124. The van der Waals surface area contributed by atoms with Crippen LogP contribution in [0.25, 0.3) is 10.9 Å². The van der Waals surface area contributed by atoms with E-state index in [4.69, 9.17) is 4.98 Å². The zero-order valence-electron chi connectivity index (χ0n) is 17.1. The number of nitrogens with one attached hydrogen (secondary N) is 1. The lowest BCUT2D eigenvalue weighted by Gasteiger charge is -2.21. The molecule has 4 rings (SSSR count). The van der Waals surface area contributed by atoms with Gasteiger partial charge in [0.05, 0.1) is 22.5 Å². The van der Waals surface area contributed by atoms with Crippen LogP contribution in [-0.4, -0.2) is 20.6 Å². The molecule has 1 atom stereocenters. The lowest BCUT2D eigenvalue weighted by molar-refractivity contribution is 0.0698. The first-order chi connectivity index (χ1) is 13.7. The molecule has 0 aliphatic carbocycles. The van der Waals surface area contributed by atoms with Gasteiger partial charge in [-0.1, -0.05) is 32.0 Å². The summed E-state index contributed by atoms with van der Waals surface area (Å²) in [4.78, 5) is 29.7. The second-order valence-electron chi connectivity index (χ2n) is 8.49. The number of aromatic carboxylic acids is 1. The molecule has 1 aromatic heterocycles. The highest BCUT2D eigenvalue weighted by Gasteiger charge is 2.33. The monoisotopic (exact) mass is 391 g/mol. The number of carbonyl (C=O) groups is 1. The van der Waals surface area contributed by atoms with E-state index in [1.54, 1.807) is 28.8 Å². The Balaban J connectivity index is 1.87. The van der Waals surface area contributed by atoms with Crippen LogP contribution in [0.15, 0.2) is 41.2 Å². The predicted octanol–water partition coefficient (Wildman–Crippen LogP) is 4.26. The molecule has 29 heavy (non-hydrogen) atoms. The standard InChI is InChI=1S/C23H25N3O3/c1-13-11-16(14(2)24-18-8-6-5-7-15(18)21(28)29)19-17(12-13)20(27)26-10-9-23(3,4)22(26)25-19/h5-8,11-12,14,24H,9-10H2,1-4H3,(H,28,29)/t14-/m1/s1. The highest BCUT2D eigenvalue weighted by Crippen LogP contribution is 2.34. The van der Waals surface area contributed by atoms with E-state index in [0.717, 1.165) is 23.4 Å². The SMILES string of the molecule is Cc1cc([C@@H](C)Nc2ccccc2C(=O)O)c2nc3n(c(=O)c2c1)CCC3(C)C. The topological polar surface area (TPSA) is 84.2 Å². The number of carboxylic acids is 1. The van der Waals surface area contributed by atoms with Crippen LogP contribution in [-0.2, 0) is 12.0 Å². The molecule has 150 valence electrons. The first-order valence-corrected chi connectivity index (χ1v) is 9.83. The van der Waals surface area contributed by atoms with Crippen LogP contribution in [0.1, 0.15) is 60.5 Å². The van der Waals surface area contributed by atoms with Crippen LogP contribution in [0.5, 0.6) is 0 Å². The summed E-state index contributed by atoms with van der Waals surface area (Å²) in [5, 5.41) is 13.4. The van der Waals surface area contributed by atoms with Gasteiger partial charge in [0, 0.05) is 23.2 Å². The molecular weight excluding hydrogens is 366 g/mol. The first kappa shape index (κ1) is 19.2. The summed E-state index contributed by atoms with van der Waals surface area (Å²) in [7, 11) is 0. The second kappa shape index (κ2) is 6.72. The first-order valence-electron chi connectivity index (χ1n) is 9.83. The number of para-hydroxylation sites is 1. The smallest absolute Gasteiger partial charge is 0.337 e. The molecule has 0 fully saturated rings. The van der Waals surface area contributed by atoms with Crippen molar-refractivity contribution in [2.75, 3.05) is 5.32 Å². The number of benzene rings is 2. The number of aryl methyl sites for hydroxylation is 1. The van der Waals surface area contributed by atoms with Gasteiger partial charge in [-0.25, -0.2) is 9.78 Å². The van der Waals surface area contributed by atoms with E-state index in [2.05, 4.69) is 19.2 Å². The summed E-state index contributed by atoms with van der Waals surface area (Å²) in [6.07, 6.45) is 0.889. The van der Waals surface area contributed by atoms with Crippen molar-refractivity contribution in [1.29, 1.82) is 0 Å². The van der Waals surface area contributed by atoms with Gasteiger partial charge in [-0.05, 0) is 44.0 Å². The Kier molecular flexibility index (Phi) is 4.45. The van der Waals surface area contributed by atoms with Crippen LogP contribution in [0, 0.1) is 6.92 Å². The van der Waals surface area contributed by atoms with E-state index in [0.29, 0.717) is 23.1 Å². The Morgan fingerprint density at radius 3 is 2.72 bits per heavy atom. The molecule has 2 heterocycles. The molecule has 0 bridgehead atoms. The molecular formula is C23H25N3O3. The molecule has 1 aliphatic rings. The number of anilines is 1. The summed E-state index contributed by atoms with van der Waals surface area (Å²) in [6.45, 7) is 8.84. The van der Waals surface area contributed by atoms with Crippen molar-refractivity contribution in [3.8, 4) is 0 Å². The Bertz CT molecular complexity index is 1190. The van der Waals surface area contributed by atoms with Crippen LogP contribution in [0.4, 0.5) is 5.69 Å². The average Bonchev–Trinajstić information content (AvgIpc) is 2.97. The normalized spacial score (nSPS) is 15.9. The number of fused-ring (bicyclic) bond motifs is 2. The maximum atomic E-state index is 13.2. The van der Waals surface area contributed by atoms with E-state index in [-0.39, 0.29) is 22.6 Å². The van der Waals surface area contributed by atoms with Gasteiger partial charge >= 0.3 is 5.97 Å². The molecule has 0 spiro atoms. The quantitative estimate of drug-likeness (QED) is 0.694. The molecule has 0 radical (unpaired) electrons. The van der Waals surface area contributed by atoms with Crippen molar-refractivity contribution >= 4 is 22.6 Å². The number of rotatable bonds is 4. The summed E-state index contributed by atoms with van der Waals surface area (Å²) < 4.78 is 1.80. The Morgan fingerprint density at radius 1 is 1.28 bits per heavy atom. The fraction of sp³-hybridized carbons (Fsp3) is 0.348. The number of nitrogens with zero attached hydrogens (tertiary/aromatic N) is 2. The van der Waals surface area contributed by atoms with E-state index >= 15 is 0 Å². The third kappa shape index (κ3) is 3.18. The molecule has 0 saturated heterocycles. The van der Waals surface area contributed by atoms with Gasteiger partial charge in [-0.3, -0.25) is 9.36 Å². The van der Waals surface area contributed by atoms with Crippen LogP contribution in [0.3, 0.4) is 0 Å². The van der Waals surface area contributed by atoms with Gasteiger partial charge in [0.15, 0.2) is 0 Å². The zero-order valence-corrected chi connectivity index (χ0v) is 17.1. The molecule has 1 aliphatic heterocycles. The van der Waals surface area contributed by atoms with Crippen LogP contribution >= 0.6 is 0 Å². The molecule has 2 N–H and O–H groups in total. The fourth-order valence-corrected chi connectivity index (χ4v) is 4.17. The molecule has 0 unspecified atom stereocenters. The van der Waals surface area contributed by atoms with Gasteiger partial charge < -0.3 is 10.4 Å². The minimum atomic E-state index is -0.981. The lowest BCUT2D eigenvalue weighted by atomic mass is 9.91. The van der Waals surface area contributed by atoms with Gasteiger partial charge in [0.2, 0.25) is 0 Å². The maximum absolute atomic E-state index is 13.2. The molecule has 0 saturated carbocycles. The van der Waals surface area contributed by atoms with Crippen molar-refractivity contribution in [3.63, 3.8) is 0 Å². The van der Waals surface area contributed by atoms with E-state index in [1.165, 1.54) is 0 Å². The summed E-state index contributed by atoms with van der Waals surface area (Å²) in [5.41, 5.74) is 3.16. The summed E-state index contributed by atoms with van der Waals surface area (Å²) in [6, 6.07) is 10.5. The lowest BCUT2D eigenvalue weighted by Crippen LogP contribution is -2.25. The Labute approximate surface area is 169 Å². The highest BCUT2D eigenvalue weighted by atomic mass is 16.4. The van der Waals surface area contributed by atoms with Crippen molar-refractivity contribution < 1.29 is 9.90 Å². The second-order valence-corrected chi connectivity index (χ2v) is 8.49. The van der Waals surface area contributed by atoms with Crippen molar-refractivity contribution in [3.05, 3.63) is 69.3 Å². The molecule has 2 aromatic carbocycles. The Morgan fingerprint density at radius 2 is 2.00 bits per heavy atom. The zero-order chi connectivity index (χ0) is 20.9. The highest BCUT2D eigenvalue weighted by molar-refractivity contribution is 5.94. The third-order valence-electron chi connectivity index (χ3n) is 5.79. The van der Waals surface area contributed by atoms with Crippen molar-refractivity contribution in [2.24, 2.45) is 0 Å². The maximum Gasteiger partial charge on any atom is 0.337 e. The van der Waals surface area contributed by atoms with Crippen molar-refractivity contribution in [1.82, 2.24) is 9.55 Å². The predicted molar refractivity (Wildman–Crippen MR) is 114 cm³/mol. The van der Waals surface area contributed by atoms with Gasteiger partial charge in [-0.15, -0.1) is 0 Å². The molecule has 0 amide bonds. The van der Waals surface area contributed by atoms with Gasteiger partial charge in [0.25, 0.3) is 5.56 Å². The number of aromatic nitrogens is 2. The molecule has 6 heteroatoms. The van der Waals surface area contributed by atoms with Gasteiger partial charge in [0.1, 0.15) is 5.82 Å². The molecule has 6 nitrogen and oxygen atoms in total. The third-order valence-corrected chi connectivity index (χ3v) is 5.79. The summed E-state index contributed by atoms with van der Waals surface area (Å²) in [5.74, 6) is -0.163. The molecule has 3 aromatic rings. The van der Waals surface area contributed by atoms with Crippen LogP contribution in [0.2, 0.25) is 0 Å². The number of hydrogen-bond acceptors (Lipinski definition) is 4.